The Kier molecular flexibility index (Phi) is 6.12. The van der Waals surface area contributed by atoms with E-state index in [9.17, 15) is 4.79 Å². The van der Waals surface area contributed by atoms with Gasteiger partial charge in [0.05, 0.1) is 17.2 Å². The molecule has 0 bridgehead atoms. The molecule has 19 heavy (non-hydrogen) atoms. The zero-order valence-corrected chi connectivity index (χ0v) is 12.6. The summed E-state index contributed by atoms with van der Waals surface area (Å²) in [6.45, 7) is 5.30. The number of hydrogen-bond donors (Lipinski definition) is 1. The topological polar surface area (TPSA) is 41.6 Å². The lowest BCUT2D eigenvalue weighted by molar-refractivity contribution is 0.0828. The van der Waals surface area contributed by atoms with Crippen LogP contribution in [0.4, 0.5) is 5.69 Å². The number of halogens is 1. The van der Waals surface area contributed by atoms with Crippen molar-refractivity contribution in [2.75, 3.05) is 32.6 Å². The van der Waals surface area contributed by atoms with Crippen LogP contribution in [0.1, 0.15) is 24.2 Å². The second-order valence-corrected chi connectivity index (χ2v) is 5.01. The van der Waals surface area contributed by atoms with Crippen molar-refractivity contribution in [3.8, 4) is 0 Å². The van der Waals surface area contributed by atoms with Crippen molar-refractivity contribution in [2.45, 2.75) is 19.9 Å². The van der Waals surface area contributed by atoms with Crippen LogP contribution in [0.15, 0.2) is 18.2 Å². The van der Waals surface area contributed by atoms with Gasteiger partial charge in [-0.2, -0.15) is 0 Å². The quantitative estimate of drug-likeness (QED) is 0.873. The number of anilines is 1. The molecule has 1 amide bonds. The minimum absolute atomic E-state index is 0.105. The summed E-state index contributed by atoms with van der Waals surface area (Å²) in [6.07, 6.45) is 0. The van der Waals surface area contributed by atoms with Crippen molar-refractivity contribution in [1.82, 2.24) is 4.90 Å². The minimum Gasteiger partial charge on any atom is -0.380 e. The molecule has 0 fully saturated rings. The molecule has 0 heterocycles. The van der Waals surface area contributed by atoms with Gasteiger partial charge in [-0.15, -0.1) is 0 Å². The van der Waals surface area contributed by atoms with Gasteiger partial charge < -0.3 is 15.0 Å². The van der Waals surface area contributed by atoms with Crippen molar-refractivity contribution in [2.24, 2.45) is 0 Å². The van der Waals surface area contributed by atoms with Gasteiger partial charge >= 0.3 is 0 Å². The molecule has 4 nitrogen and oxygen atoms in total. The van der Waals surface area contributed by atoms with Crippen LogP contribution in [-0.2, 0) is 4.74 Å². The molecule has 0 saturated heterocycles. The van der Waals surface area contributed by atoms with Gasteiger partial charge in [-0.05, 0) is 32.0 Å². The molecule has 106 valence electrons. The molecule has 1 atom stereocenters. The highest BCUT2D eigenvalue weighted by Crippen LogP contribution is 2.22. The Morgan fingerprint density at radius 2 is 2.16 bits per heavy atom. The fourth-order valence-corrected chi connectivity index (χ4v) is 1.84. The molecule has 1 unspecified atom stereocenters. The average molecular weight is 285 g/mol. The highest BCUT2D eigenvalue weighted by atomic mass is 35.5. The smallest absolute Gasteiger partial charge is 0.254 e. The van der Waals surface area contributed by atoms with Crippen LogP contribution in [0.5, 0.6) is 0 Å². The second-order valence-electron chi connectivity index (χ2n) is 4.60. The molecule has 1 aromatic rings. The van der Waals surface area contributed by atoms with Crippen molar-refractivity contribution < 1.29 is 9.53 Å². The first-order valence-corrected chi connectivity index (χ1v) is 6.69. The number of hydrogen-bond acceptors (Lipinski definition) is 3. The summed E-state index contributed by atoms with van der Waals surface area (Å²) in [6, 6.07) is 5.53. The largest absolute Gasteiger partial charge is 0.380 e. The summed E-state index contributed by atoms with van der Waals surface area (Å²) in [5.41, 5.74) is 1.36. The standard InChI is InChI=1S/C14H21ClN2O2/c1-5-19-9-10(2)16-11-6-7-13(15)12(8-11)14(18)17(3)4/h6-8,10,16H,5,9H2,1-4H3. The Morgan fingerprint density at radius 3 is 2.74 bits per heavy atom. The Balaban J connectivity index is 2.81. The average Bonchev–Trinajstić information content (AvgIpc) is 2.37. The predicted molar refractivity (Wildman–Crippen MR) is 79.0 cm³/mol. The van der Waals surface area contributed by atoms with Gasteiger partial charge in [0, 0.05) is 32.4 Å². The Hall–Kier alpha value is -1.26. The van der Waals surface area contributed by atoms with E-state index in [0.29, 0.717) is 23.8 Å². The summed E-state index contributed by atoms with van der Waals surface area (Å²) in [7, 11) is 3.41. The van der Waals surface area contributed by atoms with Crippen LogP contribution < -0.4 is 5.32 Å². The number of amides is 1. The number of carbonyl (C=O) groups is 1. The molecule has 0 aliphatic heterocycles. The van der Waals surface area contributed by atoms with E-state index in [1.807, 2.05) is 19.9 Å². The number of ether oxygens (including phenoxy) is 1. The first-order chi connectivity index (χ1) is 8.95. The maximum atomic E-state index is 12.0. The van der Waals surface area contributed by atoms with E-state index in [1.165, 1.54) is 4.90 Å². The van der Waals surface area contributed by atoms with E-state index in [1.54, 1.807) is 26.2 Å². The van der Waals surface area contributed by atoms with Gasteiger partial charge in [0.1, 0.15) is 0 Å². The molecule has 0 aliphatic carbocycles. The monoisotopic (exact) mass is 284 g/mol. The van der Waals surface area contributed by atoms with Crippen molar-refractivity contribution in [3.63, 3.8) is 0 Å². The summed E-state index contributed by atoms with van der Waals surface area (Å²) in [5.74, 6) is -0.105. The number of nitrogens with zero attached hydrogens (tertiary/aromatic N) is 1. The number of nitrogens with one attached hydrogen (secondary N) is 1. The fraction of sp³-hybridized carbons (Fsp3) is 0.500. The molecule has 0 saturated carbocycles. The number of rotatable bonds is 6. The molecule has 0 aromatic heterocycles. The highest BCUT2D eigenvalue weighted by Gasteiger charge is 2.13. The van der Waals surface area contributed by atoms with Crippen LogP contribution in [0.3, 0.4) is 0 Å². The SMILES string of the molecule is CCOCC(C)Nc1ccc(Cl)c(C(=O)N(C)C)c1. The van der Waals surface area contributed by atoms with Crippen LogP contribution in [0.25, 0.3) is 0 Å². The number of carbonyl (C=O) groups excluding carboxylic acids is 1. The van der Waals surface area contributed by atoms with Gasteiger partial charge in [-0.1, -0.05) is 11.6 Å². The lowest BCUT2D eigenvalue weighted by Gasteiger charge is -2.17. The normalized spacial score (nSPS) is 12.1. The second kappa shape index (κ2) is 7.36. The lowest BCUT2D eigenvalue weighted by Crippen LogP contribution is -2.24. The van der Waals surface area contributed by atoms with Gasteiger partial charge in [-0.3, -0.25) is 4.79 Å². The molecular weight excluding hydrogens is 264 g/mol. The summed E-state index contributed by atoms with van der Waals surface area (Å²) in [4.78, 5) is 13.5. The molecule has 0 aliphatic rings. The van der Waals surface area contributed by atoms with Crippen LogP contribution >= 0.6 is 11.6 Å². The third kappa shape index (κ3) is 4.73. The molecule has 1 N–H and O–H groups in total. The van der Waals surface area contributed by atoms with E-state index in [4.69, 9.17) is 16.3 Å². The van der Waals surface area contributed by atoms with Gasteiger partial charge in [0.2, 0.25) is 0 Å². The molecular formula is C14H21ClN2O2. The first-order valence-electron chi connectivity index (χ1n) is 6.31. The summed E-state index contributed by atoms with van der Waals surface area (Å²) in [5, 5.41) is 3.74. The summed E-state index contributed by atoms with van der Waals surface area (Å²) < 4.78 is 5.34. The fourth-order valence-electron chi connectivity index (χ4n) is 1.64. The van der Waals surface area contributed by atoms with E-state index < -0.39 is 0 Å². The Bertz CT molecular complexity index is 435. The molecule has 1 rings (SSSR count). The van der Waals surface area contributed by atoms with E-state index in [-0.39, 0.29) is 11.9 Å². The van der Waals surface area contributed by atoms with Gasteiger partial charge in [0.15, 0.2) is 0 Å². The van der Waals surface area contributed by atoms with Gasteiger partial charge in [-0.25, -0.2) is 0 Å². The Morgan fingerprint density at radius 1 is 1.47 bits per heavy atom. The zero-order valence-electron chi connectivity index (χ0n) is 11.9. The van der Waals surface area contributed by atoms with Gasteiger partial charge in [0.25, 0.3) is 5.91 Å². The molecule has 0 spiro atoms. The zero-order chi connectivity index (χ0) is 14.4. The van der Waals surface area contributed by atoms with E-state index in [0.717, 1.165) is 5.69 Å². The minimum atomic E-state index is -0.105. The number of benzene rings is 1. The first kappa shape index (κ1) is 15.8. The predicted octanol–water partition coefficient (Wildman–Crippen LogP) is 2.88. The van der Waals surface area contributed by atoms with Crippen LogP contribution in [0, 0.1) is 0 Å². The summed E-state index contributed by atoms with van der Waals surface area (Å²) >= 11 is 6.06. The maximum absolute atomic E-state index is 12.0. The van der Waals surface area contributed by atoms with Crippen molar-refractivity contribution in [3.05, 3.63) is 28.8 Å². The highest BCUT2D eigenvalue weighted by molar-refractivity contribution is 6.34. The molecule has 0 radical (unpaired) electrons. The third-order valence-electron chi connectivity index (χ3n) is 2.59. The van der Waals surface area contributed by atoms with Crippen molar-refractivity contribution >= 4 is 23.2 Å². The van der Waals surface area contributed by atoms with E-state index in [2.05, 4.69) is 5.32 Å². The lowest BCUT2D eigenvalue weighted by atomic mass is 10.1. The third-order valence-corrected chi connectivity index (χ3v) is 2.92. The van der Waals surface area contributed by atoms with E-state index >= 15 is 0 Å². The molecule has 5 heteroatoms. The maximum Gasteiger partial charge on any atom is 0.254 e. The molecule has 1 aromatic carbocycles. The van der Waals surface area contributed by atoms with Crippen molar-refractivity contribution in [1.29, 1.82) is 0 Å². The van der Waals surface area contributed by atoms with Crippen LogP contribution in [-0.4, -0.2) is 44.2 Å². The van der Waals surface area contributed by atoms with Crippen LogP contribution in [0.2, 0.25) is 5.02 Å². The Labute approximate surface area is 119 Å².